The molecular formula is C12H19NO. The molecule has 0 saturated carbocycles. The number of nitrogens with one attached hydrogen (secondary N) is 1. The first-order chi connectivity index (χ1) is 6.72. The molecule has 0 aliphatic heterocycles. The largest absolute Gasteiger partial charge is 0.508 e. The standard InChI is InChI=1S/C12H19NO/c1-3-5-10(2)9-13-11-6-4-7-12(14)8-11/h4,6-8,10,13-14H,3,5,9H2,1-2H3. The summed E-state index contributed by atoms with van der Waals surface area (Å²) in [5, 5.41) is 12.6. The van der Waals surface area contributed by atoms with Gasteiger partial charge in [-0.25, -0.2) is 0 Å². The Morgan fingerprint density at radius 3 is 2.86 bits per heavy atom. The maximum atomic E-state index is 9.24. The van der Waals surface area contributed by atoms with E-state index in [1.54, 1.807) is 12.1 Å². The van der Waals surface area contributed by atoms with Crippen LogP contribution < -0.4 is 5.32 Å². The van der Waals surface area contributed by atoms with Crippen molar-refractivity contribution in [3.63, 3.8) is 0 Å². The third-order valence-electron chi connectivity index (χ3n) is 2.28. The molecule has 2 N–H and O–H groups in total. The number of rotatable bonds is 5. The van der Waals surface area contributed by atoms with Crippen molar-refractivity contribution in [2.45, 2.75) is 26.7 Å². The number of benzene rings is 1. The van der Waals surface area contributed by atoms with E-state index in [0.29, 0.717) is 11.7 Å². The third kappa shape index (κ3) is 3.69. The first-order valence-electron chi connectivity index (χ1n) is 5.25. The fraction of sp³-hybridized carbons (Fsp3) is 0.500. The second-order valence-corrected chi connectivity index (χ2v) is 3.83. The highest BCUT2D eigenvalue weighted by molar-refractivity contribution is 5.47. The summed E-state index contributed by atoms with van der Waals surface area (Å²) in [7, 11) is 0. The van der Waals surface area contributed by atoms with Gasteiger partial charge in [0.25, 0.3) is 0 Å². The lowest BCUT2D eigenvalue weighted by molar-refractivity contribution is 0.475. The van der Waals surface area contributed by atoms with Crippen molar-refractivity contribution in [1.29, 1.82) is 0 Å². The number of anilines is 1. The van der Waals surface area contributed by atoms with Gasteiger partial charge < -0.3 is 10.4 Å². The van der Waals surface area contributed by atoms with Crippen molar-refractivity contribution in [3.8, 4) is 5.75 Å². The van der Waals surface area contributed by atoms with Crippen LogP contribution in [0.15, 0.2) is 24.3 Å². The minimum absolute atomic E-state index is 0.318. The molecule has 0 amide bonds. The van der Waals surface area contributed by atoms with Gasteiger partial charge >= 0.3 is 0 Å². The predicted molar refractivity (Wildman–Crippen MR) is 60.7 cm³/mol. The molecule has 0 aliphatic carbocycles. The normalized spacial score (nSPS) is 12.4. The summed E-state index contributed by atoms with van der Waals surface area (Å²) in [5.74, 6) is 1.00. The van der Waals surface area contributed by atoms with Gasteiger partial charge in [0.2, 0.25) is 0 Å². The molecule has 1 aromatic rings. The van der Waals surface area contributed by atoms with E-state index >= 15 is 0 Å². The van der Waals surface area contributed by atoms with Crippen molar-refractivity contribution in [3.05, 3.63) is 24.3 Å². The fourth-order valence-electron chi connectivity index (χ4n) is 1.50. The van der Waals surface area contributed by atoms with Crippen LogP contribution in [0.4, 0.5) is 5.69 Å². The van der Waals surface area contributed by atoms with E-state index in [0.717, 1.165) is 12.2 Å². The number of phenols is 1. The lowest BCUT2D eigenvalue weighted by atomic mass is 10.1. The van der Waals surface area contributed by atoms with Crippen LogP contribution in [0.25, 0.3) is 0 Å². The summed E-state index contributed by atoms with van der Waals surface area (Å²) < 4.78 is 0. The van der Waals surface area contributed by atoms with Gasteiger partial charge in [-0.3, -0.25) is 0 Å². The van der Waals surface area contributed by atoms with Gasteiger partial charge in [-0.1, -0.05) is 26.3 Å². The van der Waals surface area contributed by atoms with E-state index in [4.69, 9.17) is 0 Å². The van der Waals surface area contributed by atoms with Gasteiger partial charge in [0.15, 0.2) is 0 Å². The third-order valence-corrected chi connectivity index (χ3v) is 2.28. The minimum atomic E-state index is 0.318. The quantitative estimate of drug-likeness (QED) is 0.752. The molecule has 78 valence electrons. The minimum Gasteiger partial charge on any atom is -0.508 e. The van der Waals surface area contributed by atoms with Gasteiger partial charge in [-0.05, 0) is 24.5 Å². The summed E-state index contributed by atoms with van der Waals surface area (Å²) in [6.07, 6.45) is 2.47. The first kappa shape index (κ1) is 10.9. The molecule has 2 heteroatoms. The Bertz CT molecular complexity index is 273. The Morgan fingerprint density at radius 2 is 2.21 bits per heavy atom. The molecule has 1 unspecified atom stereocenters. The lowest BCUT2D eigenvalue weighted by Crippen LogP contribution is -2.10. The van der Waals surface area contributed by atoms with Crippen molar-refractivity contribution >= 4 is 5.69 Å². The molecule has 14 heavy (non-hydrogen) atoms. The van der Waals surface area contributed by atoms with Crippen LogP contribution in [-0.2, 0) is 0 Å². The van der Waals surface area contributed by atoms with Crippen molar-refractivity contribution in [1.82, 2.24) is 0 Å². The molecule has 0 radical (unpaired) electrons. The zero-order valence-electron chi connectivity index (χ0n) is 8.96. The van der Waals surface area contributed by atoms with E-state index < -0.39 is 0 Å². The highest BCUT2D eigenvalue weighted by atomic mass is 16.3. The smallest absolute Gasteiger partial charge is 0.117 e. The second-order valence-electron chi connectivity index (χ2n) is 3.83. The summed E-state index contributed by atoms with van der Waals surface area (Å²) >= 11 is 0. The molecule has 0 bridgehead atoms. The van der Waals surface area contributed by atoms with Gasteiger partial charge in [-0.2, -0.15) is 0 Å². The summed E-state index contributed by atoms with van der Waals surface area (Å²) in [6.45, 7) is 5.40. The molecule has 1 rings (SSSR count). The van der Waals surface area contributed by atoms with Crippen LogP contribution in [0.5, 0.6) is 5.75 Å². The average Bonchev–Trinajstić information content (AvgIpc) is 2.15. The molecule has 2 nitrogen and oxygen atoms in total. The maximum absolute atomic E-state index is 9.24. The highest BCUT2D eigenvalue weighted by Crippen LogP contribution is 2.16. The van der Waals surface area contributed by atoms with Gasteiger partial charge in [0.1, 0.15) is 5.75 Å². The van der Waals surface area contributed by atoms with Crippen LogP contribution >= 0.6 is 0 Å². The van der Waals surface area contributed by atoms with Crippen LogP contribution in [0.1, 0.15) is 26.7 Å². The Morgan fingerprint density at radius 1 is 1.43 bits per heavy atom. The molecule has 0 saturated heterocycles. The Kier molecular flexibility index (Phi) is 4.30. The first-order valence-corrected chi connectivity index (χ1v) is 5.25. The Hall–Kier alpha value is -1.18. The van der Waals surface area contributed by atoms with Crippen LogP contribution in [0.3, 0.4) is 0 Å². The SMILES string of the molecule is CCCC(C)CNc1cccc(O)c1. The van der Waals surface area contributed by atoms with E-state index in [2.05, 4.69) is 19.2 Å². The summed E-state index contributed by atoms with van der Waals surface area (Å²) in [5.41, 5.74) is 0.993. The maximum Gasteiger partial charge on any atom is 0.117 e. The number of phenolic OH excluding ortho intramolecular Hbond substituents is 1. The second kappa shape index (κ2) is 5.53. The van der Waals surface area contributed by atoms with Crippen molar-refractivity contribution < 1.29 is 5.11 Å². The van der Waals surface area contributed by atoms with E-state index in [1.807, 2.05) is 12.1 Å². The number of hydrogen-bond acceptors (Lipinski definition) is 2. The van der Waals surface area contributed by atoms with Gasteiger partial charge in [-0.15, -0.1) is 0 Å². The summed E-state index contributed by atoms with van der Waals surface area (Å²) in [4.78, 5) is 0. The zero-order chi connectivity index (χ0) is 10.4. The van der Waals surface area contributed by atoms with Crippen LogP contribution in [0, 0.1) is 5.92 Å². The monoisotopic (exact) mass is 193 g/mol. The molecule has 0 fully saturated rings. The predicted octanol–water partition coefficient (Wildman–Crippen LogP) is 3.24. The zero-order valence-corrected chi connectivity index (χ0v) is 8.96. The van der Waals surface area contributed by atoms with E-state index in [1.165, 1.54) is 12.8 Å². The van der Waals surface area contributed by atoms with E-state index in [9.17, 15) is 5.11 Å². The number of aromatic hydroxyl groups is 1. The van der Waals surface area contributed by atoms with Crippen molar-refractivity contribution in [2.24, 2.45) is 5.92 Å². The topological polar surface area (TPSA) is 32.3 Å². The molecule has 0 heterocycles. The average molecular weight is 193 g/mol. The molecule has 1 aromatic carbocycles. The molecule has 0 spiro atoms. The lowest BCUT2D eigenvalue weighted by Gasteiger charge is -2.12. The Balaban J connectivity index is 2.37. The highest BCUT2D eigenvalue weighted by Gasteiger charge is 2.00. The van der Waals surface area contributed by atoms with E-state index in [-0.39, 0.29) is 0 Å². The Labute approximate surface area is 86.0 Å². The molecule has 0 aliphatic rings. The molecular weight excluding hydrogens is 174 g/mol. The molecule has 0 aromatic heterocycles. The van der Waals surface area contributed by atoms with Gasteiger partial charge in [0, 0.05) is 18.3 Å². The van der Waals surface area contributed by atoms with Crippen molar-refractivity contribution in [2.75, 3.05) is 11.9 Å². The van der Waals surface area contributed by atoms with Crippen LogP contribution in [0.2, 0.25) is 0 Å². The van der Waals surface area contributed by atoms with Gasteiger partial charge in [0.05, 0.1) is 0 Å². The fourth-order valence-corrected chi connectivity index (χ4v) is 1.50. The summed E-state index contributed by atoms with van der Waals surface area (Å²) in [6, 6.07) is 7.25. The molecule has 1 atom stereocenters. The van der Waals surface area contributed by atoms with Crippen LogP contribution in [-0.4, -0.2) is 11.7 Å². The number of hydrogen-bond donors (Lipinski definition) is 2.